The van der Waals surface area contributed by atoms with Crippen molar-refractivity contribution in [2.45, 2.75) is 77.6 Å². The molecule has 0 fully saturated rings. The maximum absolute atomic E-state index is 11.7. The van der Waals surface area contributed by atoms with Crippen molar-refractivity contribution < 1.29 is 24.2 Å². The Balaban J connectivity index is 1.75. The van der Waals surface area contributed by atoms with E-state index < -0.39 is 17.9 Å². The molecule has 0 spiro atoms. The molecule has 0 atom stereocenters. The molecule has 5 nitrogen and oxygen atoms in total. The molecule has 0 radical (unpaired) electrons. The summed E-state index contributed by atoms with van der Waals surface area (Å²) >= 11 is 0. The van der Waals surface area contributed by atoms with Gasteiger partial charge in [-0.2, -0.15) is 0 Å². The minimum atomic E-state index is -1.13. The van der Waals surface area contributed by atoms with E-state index in [0.29, 0.717) is 5.56 Å². The predicted octanol–water partition coefficient (Wildman–Crippen LogP) is 6.02. The number of benzene rings is 1. The van der Waals surface area contributed by atoms with Gasteiger partial charge < -0.3 is 9.84 Å². The standard InChI is InChI=1S/C23H30O5/c1-2-3-4-5-6-7-8-9-10-11-12-13-14-17-15-19-20(16-18(17)21(24)25)23(27)28-22(19)26/h13-16H,2-12H2,1H3,(H,24,25). The number of hydrogen-bond donors (Lipinski definition) is 1. The van der Waals surface area contributed by atoms with Crippen LogP contribution in [0.15, 0.2) is 18.2 Å². The highest BCUT2D eigenvalue weighted by molar-refractivity contribution is 6.16. The van der Waals surface area contributed by atoms with E-state index in [1.54, 1.807) is 6.08 Å². The van der Waals surface area contributed by atoms with Crippen molar-refractivity contribution in [3.8, 4) is 0 Å². The van der Waals surface area contributed by atoms with E-state index in [0.717, 1.165) is 19.3 Å². The minimum Gasteiger partial charge on any atom is -0.478 e. The number of carbonyl (C=O) groups excluding carboxylic acids is 2. The van der Waals surface area contributed by atoms with Crippen molar-refractivity contribution >= 4 is 24.0 Å². The zero-order valence-corrected chi connectivity index (χ0v) is 16.7. The van der Waals surface area contributed by atoms with Crippen LogP contribution in [0.3, 0.4) is 0 Å². The molecule has 0 saturated carbocycles. The Bertz CT molecular complexity index is 733. The number of carboxylic acids is 1. The smallest absolute Gasteiger partial charge is 0.346 e. The van der Waals surface area contributed by atoms with E-state index in [9.17, 15) is 19.5 Å². The van der Waals surface area contributed by atoms with E-state index in [-0.39, 0.29) is 16.7 Å². The summed E-state index contributed by atoms with van der Waals surface area (Å²) < 4.78 is 4.54. The number of fused-ring (bicyclic) bond motifs is 1. The van der Waals surface area contributed by atoms with Gasteiger partial charge >= 0.3 is 17.9 Å². The molecular formula is C23H30O5. The largest absolute Gasteiger partial charge is 0.478 e. The summed E-state index contributed by atoms with van der Waals surface area (Å²) in [5, 5.41) is 9.37. The van der Waals surface area contributed by atoms with Gasteiger partial charge in [-0.3, -0.25) is 0 Å². The van der Waals surface area contributed by atoms with Gasteiger partial charge in [-0.25, -0.2) is 14.4 Å². The molecule has 1 N–H and O–H groups in total. The highest BCUT2D eigenvalue weighted by Gasteiger charge is 2.31. The Morgan fingerprint density at radius 3 is 2.00 bits per heavy atom. The first-order valence-electron chi connectivity index (χ1n) is 10.4. The van der Waals surface area contributed by atoms with Gasteiger partial charge in [-0.15, -0.1) is 0 Å². The van der Waals surface area contributed by atoms with Crippen LogP contribution in [0, 0.1) is 0 Å². The van der Waals surface area contributed by atoms with Crippen LogP contribution in [0.25, 0.3) is 6.08 Å². The fourth-order valence-corrected chi connectivity index (χ4v) is 3.43. The van der Waals surface area contributed by atoms with E-state index in [2.05, 4.69) is 11.7 Å². The highest BCUT2D eigenvalue weighted by atomic mass is 16.6. The lowest BCUT2D eigenvalue weighted by Crippen LogP contribution is -2.04. The van der Waals surface area contributed by atoms with Crippen LogP contribution in [0.5, 0.6) is 0 Å². The molecule has 152 valence electrons. The molecule has 1 aromatic carbocycles. The van der Waals surface area contributed by atoms with Crippen LogP contribution >= 0.6 is 0 Å². The molecule has 1 aromatic rings. The first-order valence-corrected chi connectivity index (χ1v) is 10.4. The average molecular weight is 386 g/mol. The molecule has 0 aliphatic carbocycles. The summed E-state index contributed by atoms with van der Waals surface area (Å²) in [6, 6.07) is 2.66. The lowest BCUT2D eigenvalue weighted by molar-refractivity contribution is 0.0443. The molecule has 0 unspecified atom stereocenters. The Kier molecular flexibility index (Phi) is 8.92. The molecule has 0 bridgehead atoms. The summed E-state index contributed by atoms with van der Waals surface area (Å²) in [5.74, 6) is -2.64. The van der Waals surface area contributed by atoms with Gasteiger partial charge in [-0.05, 0) is 30.5 Å². The molecule has 0 saturated heterocycles. The molecule has 1 heterocycles. The topological polar surface area (TPSA) is 80.7 Å². The van der Waals surface area contributed by atoms with Crippen molar-refractivity contribution in [2.24, 2.45) is 0 Å². The van der Waals surface area contributed by atoms with E-state index in [4.69, 9.17) is 0 Å². The molecule has 0 amide bonds. The summed E-state index contributed by atoms with van der Waals surface area (Å²) in [6.45, 7) is 2.23. The number of aromatic carboxylic acids is 1. The van der Waals surface area contributed by atoms with Gasteiger partial charge in [0.1, 0.15) is 0 Å². The second-order valence-corrected chi connectivity index (χ2v) is 7.34. The molecule has 5 heteroatoms. The number of esters is 2. The number of carbonyl (C=O) groups is 3. The number of hydrogen-bond acceptors (Lipinski definition) is 4. The van der Waals surface area contributed by atoms with Crippen LogP contribution in [-0.4, -0.2) is 23.0 Å². The Morgan fingerprint density at radius 2 is 1.43 bits per heavy atom. The van der Waals surface area contributed by atoms with Crippen LogP contribution in [0.4, 0.5) is 0 Å². The zero-order valence-electron chi connectivity index (χ0n) is 16.7. The summed E-state index contributed by atoms with van der Waals surface area (Å²) in [7, 11) is 0. The van der Waals surface area contributed by atoms with Gasteiger partial charge in [0.15, 0.2) is 0 Å². The average Bonchev–Trinajstić information content (AvgIpc) is 2.95. The monoisotopic (exact) mass is 386 g/mol. The summed E-state index contributed by atoms with van der Waals surface area (Å²) in [6.07, 6.45) is 17.2. The summed E-state index contributed by atoms with van der Waals surface area (Å²) in [4.78, 5) is 34.7. The van der Waals surface area contributed by atoms with Gasteiger partial charge in [-0.1, -0.05) is 76.9 Å². The molecule has 2 rings (SSSR count). The maximum Gasteiger partial charge on any atom is 0.346 e. The molecule has 0 aromatic heterocycles. The Hall–Kier alpha value is -2.43. The van der Waals surface area contributed by atoms with Crippen molar-refractivity contribution in [1.29, 1.82) is 0 Å². The highest BCUT2D eigenvalue weighted by Crippen LogP contribution is 2.25. The van der Waals surface area contributed by atoms with Crippen LogP contribution in [-0.2, 0) is 4.74 Å². The number of carboxylic acid groups (broad SMARTS) is 1. The quantitative estimate of drug-likeness (QED) is 0.255. The number of ether oxygens (including phenoxy) is 1. The lowest BCUT2D eigenvalue weighted by Gasteiger charge is -2.04. The first kappa shape index (κ1) is 21.9. The fourth-order valence-electron chi connectivity index (χ4n) is 3.43. The maximum atomic E-state index is 11.7. The third-order valence-corrected chi connectivity index (χ3v) is 5.07. The second kappa shape index (κ2) is 11.4. The second-order valence-electron chi connectivity index (χ2n) is 7.34. The number of allylic oxidation sites excluding steroid dienone is 1. The fraction of sp³-hybridized carbons (Fsp3) is 0.522. The van der Waals surface area contributed by atoms with E-state index in [1.807, 2.05) is 6.08 Å². The number of unbranched alkanes of at least 4 members (excludes halogenated alkanes) is 10. The number of rotatable bonds is 13. The molecule has 28 heavy (non-hydrogen) atoms. The van der Waals surface area contributed by atoms with E-state index >= 15 is 0 Å². The van der Waals surface area contributed by atoms with Crippen molar-refractivity contribution in [3.05, 3.63) is 40.5 Å². The van der Waals surface area contributed by atoms with Gasteiger partial charge in [0.2, 0.25) is 0 Å². The van der Waals surface area contributed by atoms with Crippen molar-refractivity contribution in [2.75, 3.05) is 0 Å². The number of cyclic esters (lactones) is 2. The Labute approximate surface area is 166 Å². The zero-order chi connectivity index (χ0) is 20.4. The molecule has 1 aliphatic heterocycles. The predicted molar refractivity (Wildman–Crippen MR) is 109 cm³/mol. The third-order valence-electron chi connectivity index (χ3n) is 5.07. The van der Waals surface area contributed by atoms with Crippen LogP contribution in [0.2, 0.25) is 0 Å². The van der Waals surface area contributed by atoms with Crippen LogP contribution < -0.4 is 0 Å². The Morgan fingerprint density at radius 1 is 0.893 bits per heavy atom. The first-order chi connectivity index (χ1) is 13.5. The lowest BCUT2D eigenvalue weighted by atomic mass is 9.98. The van der Waals surface area contributed by atoms with Crippen molar-refractivity contribution in [3.63, 3.8) is 0 Å². The summed E-state index contributed by atoms with van der Waals surface area (Å²) in [5.41, 5.74) is 0.581. The van der Waals surface area contributed by atoms with Crippen LogP contribution in [0.1, 0.15) is 114 Å². The van der Waals surface area contributed by atoms with Gasteiger partial charge in [0, 0.05) is 0 Å². The minimum absolute atomic E-state index is 0.00437. The molecule has 1 aliphatic rings. The SMILES string of the molecule is CCCCCCCCCCCCC=Cc1cc2c(cc1C(=O)O)C(=O)OC2=O. The van der Waals surface area contributed by atoms with Crippen molar-refractivity contribution in [1.82, 2.24) is 0 Å². The van der Waals surface area contributed by atoms with Gasteiger partial charge in [0.25, 0.3) is 0 Å². The molecular weight excluding hydrogens is 356 g/mol. The van der Waals surface area contributed by atoms with Gasteiger partial charge in [0.05, 0.1) is 16.7 Å². The van der Waals surface area contributed by atoms with E-state index in [1.165, 1.54) is 63.5 Å². The third kappa shape index (κ3) is 6.32. The normalized spacial score (nSPS) is 13.2.